The highest BCUT2D eigenvalue weighted by atomic mass is 15.3. The van der Waals surface area contributed by atoms with Gasteiger partial charge >= 0.3 is 0 Å². The first-order valence-corrected chi connectivity index (χ1v) is 7.17. The quantitative estimate of drug-likeness (QED) is 0.848. The molecule has 1 heterocycles. The van der Waals surface area contributed by atoms with Crippen LogP contribution in [0.4, 0.5) is 0 Å². The van der Waals surface area contributed by atoms with E-state index < -0.39 is 0 Å². The van der Waals surface area contributed by atoms with E-state index in [1.54, 1.807) is 6.33 Å². The van der Waals surface area contributed by atoms with E-state index in [-0.39, 0.29) is 6.04 Å². The molecular formula is C15H26N4. The standard InChI is InChI=1S/C15H26N4/c1-11(2)9-19-14(17-10-18-19)6-12-5-13(16)8-15(3,4)7-12/h5,10-11,13H,6-9,16H2,1-4H3. The minimum absolute atomic E-state index is 0.181. The number of rotatable bonds is 4. The van der Waals surface area contributed by atoms with E-state index in [0.29, 0.717) is 11.3 Å². The molecule has 1 aromatic rings. The molecule has 2 rings (SSSR count). The molecule has 0 aliphatic heterocycles. The lowest BCUT2D eigenvalue weighted by Gasteiger charge is -2.33. The molecule has 1 aliphatic carbocycles. The molecule has 0 spiro atoms. The first-order chi connectivity index (χ1) is 8.85. The van der Waals surface area contributed by atoms with Crippen LogP contribution in [-0.4, -0.2) is 20.8 Å². The van der Waals surface area contributed by atoms with E-state index in [1.165, 1.54) is 5.57 Å². The zero-order valence-electron chi connectivity index (χ0n) is 12.6. The molecule has 0 amide bonds. The Morgan fingerprint density at radius 3 is 2.84 bits per heavy atom. The van der Waals surface area contributed by atoms with E-state index in [0.717, 1.165) is 31.6 Å². The smallest absolute Gasteiger partial charge is 0.138 e. The Bertz CT molecular complexity index is 456. The van der Waals surface area contributed by atoms with Crippen LogP contribution >= 0.6 is 0 Å². The Labute approximate surface area is 116 Å². The first kappa shape index (κ1) is 14.3. The van der Waals surface area contributed by atoms with Crippen molar-refractivity contribution in [1.82, 2.24) is 14.8 Å². The average Bonchev–Trinajstić information content (AvgIpc) is 2.61. The fourth-order valence-corrected chi connectivity index (χ4v) is 2.99. The maximum absolute atomic E-state index is 6.13. The highest BCUT2D eigenvalue weighted by molar-refractivity contribution is 5.18. The van der Waals surface area contributed by atoms with E-state index in [4.69, 9.17) is 5.73 Å². The summed E-state index contributed by atoms with van der Waals surface area (Å²) in [4.78, 5) is 4.41. The summed E-state index contributed by atoms with van der Waals surface area (Å²) in [5, 5.41) is 4.32. The Morgan fingerprint density at radius 2 is 2.21 bits per heavy atom. The van der Waals surface area contributed by atoms with Crippen LogP contribution in [0.2, 0.25) is 0 Å². The van der Waals surface area contributed by atoms with E-state index in [1.807, 2.05) is 4.68 Å². The van der Waals surface area contributed by atoms with Crippen LogP contribution in [0.25, 0.3) is 0 Å². The molecule has 0 aromatic carbocycles. The highest BCUT2D eigenvalue weighted by Crippen LogP contribution is 2.35. The predicted octanol–water partition coefficient (Wildman–Crippen LogP) is 2.55. The zero-order valence-corrected chi connectivity index (χ0v) is 12.6. The molecule has 4 nitrogen and oxygen atoms in total. The van der Waals surface area contributed by atoms with Gasteiger partial charge in [0, 0.05) is 19.0 Å². The molecule has 1 aromatic heterocycles. The average molecular weight is 262 g/mol. The van der Waals surface area contributed by atoms with Crippen molar-refractivity contribution in [3.05, 3.63) is 23.8 Å². The van der Waals surface area contributed by atoms with Gasteiger partial charge in [0.1, 0.15) is 12.2 Å². The molecular weight excluding hydrogens is 236 g/mol. The fourth-order valence-electron chi connectivity index (χ4n) is 2.99. The predicted molar refractivity (Wildman–Crippen MR) is 77.6 cm³/mol. The van der Waals surface area contributed by atoms with Gasteiger partial charge in [0.15, 0.2) is 0 Å². The fraction of sp³-hybridized carbons (Fsp3) is 0.733. The Kier molecular flexibility index (Phi) is 4.09. The van der Waals surface area contributed by atoms with Crippen molar-refractivity contribution in [2.24, 2.45) is 17.1 Å². The molecule has 0 fully saturated rings. The third-order valence-electron chi connectivity index (χ3n) is 3.56. The van der Waals surface area contributed by atoms with Crippen molar-refractivity contribution in [2.75, 3.05) is 0 Å². The summed E-state index contributed by atoms with van der Waals surface area (Å²) in [5.41, 5.74) is 7.83. The van der Waals surface area contributed by atoms with Crippen LogP contribution in [0.3, 0.4) is 0 Å². The van der Waals surface area contributed by atoms with E-state index in [9.17, 15) is 0 Å². The largest absolute Gasteiger partial charge is 0.324 e. The van der Waals surface area contributed by atoms with Gasteiger partial charge in [0.25, 0.3) is 0 Å². The third-order valence-corrected chi connectivity index (χ3v) is 3.56. The number of nitrogens with zero attached hydrogens (tertiary/aromatic N) is 3. The second kappa shape index (κ2) is 5.45. The summed E-state index contributed by atoms with van der Waals surface area (Å²) in [6, 6.07) is 0.181. The Morgan fingerprint density at radius 1 is 1.47 bits per heavy atom. The van der Waals surface area contributed by atoms with Crippen molar-refractivity contribution in [3.8, 4) is 0 Å². The van der Waals surface area contributed by atoms with Crippen LogP contribution in [0.15, 0.2) is 18.0 Å². The van der Waals surface area contributed by atoms with Gasteiger partial charge in [-0.3, -0.25) is 0 Å². The number of allylic oxidation sites excluding steroid dienone is 1. The van der Waals surface area contributed by atoms with Gasteiger partial charge in [-0.1, -0.05) is 39.3 Å². The zero-order chi connectivity index (χ0) is 14.0. The molecule has 4 heteroatoms. The minimum atomic E-state index is 0.181. The second-order valence-electron chi connectivity index (χ2n) is 6.96. The molecule has 1 unspecified atom stereocenters. The summed E-state index contributed by atoms with van der Waals surface area (Å²) in [6.07, 6.45) is 6.93. The van der Waals surface area contributed by atoms with Gasteiger partial charge in [-0.15, -0.1) is 0 Å². The topological polar surface area (TPSA) is 56.7 Å². The van der Waals surface area contributed by atoms with E-state index in [2.05, 4.69) is 43.9 Å². The van der Waals surface area contributed by atoms with Gasteiger partial charge in [-0.2, -0.15) is 5.10 Å². The lowest BCUT2D eigenvalue weighted by Crippen LogP contribution is -2.31. The summed E-state index contributed by atoms with van der Waals surface area (Å²) >= 11 is 0. The molecule has 1 atom stereocenters. The summed E-state index contributed by atoms with van der Waals surface area (Å²) in [5.74, 6) is 1.64. The van der Waals surface area contributed by atoms with Crippen LogP contribution in [0.1, 0.15) is 46.4 Å². The van der Waals surface area contributed by atoms with Crippen molar-refractivity contribution in [3.63, 3.8) is 0 Å². The Hall–Kier alpha value is -1.16. The molecule has 0 saturated carbocycles. The van der Waals surface area contributed by atoms with Crippen molar-refractivity contribution in [1.29, 1.82) is 0 Å². The molecule has 0 saturated heterocycles. The van der Waals surface area contributed by atoms with Crippen molar-refractivity contribution in [2.45, 2.75) is 59.5 Å². The maximum atomic E-state index is 6.13. The summed E-state index contributed by atoms with van der Waals surface area (Å²) in [7, 11) is 0. The lowest BCUT2D eigenvalue weighted by atomic mass is 9.75. The molecule has 1 aliphatic rings. The molecule has 0 radical (unpaired) electrons. The van der Waals surface area contributed by atoms with Crippen LogP contribution in [0.5, 0.6) is 0 Å². The molecule has 106 valence electrons. The van der Waals surface area contributed by atoms with Gasteiger partial charge < -0.3 is 5.73 Å². The van der Waals surface area contributed by atoms with Gasteiger partial charge in [0.2, 0.25) is 0 Å². The number of hydrogen-bond acceptors (Lipinski definition) is 3. The van der Waals surface area contributed by atoms with Crippen LogP contribution in [0, 0.1) is 11.3 Å². The SMILES string of the molecule is CC(C)Cn1ncnc1CC1=CC(N)CC(C)(C)C1. The highest BCUT2D eigenvalue weighted by Gasteiger charge is 2.27. The molecule has 2 N–H and O–H groups in total. The molecule has 19 heavy (non-hydrogen) atoms. The second-order valence-corrected chi connectivity index (χ2v) is 6.96. The summed E-state index contributed by atoms with van der Waals surface area (Å²) in [6.45, 7) is 9.91. The monoisotopic (exact) mass is 262 g/mol. The van der Waals surface area contributed by atoms with Gasteiger partial charge in [-0.05, 0) is 24.2 Å². The third kappa shape index (κ3) is 3.90. The normalized spacial score (nSPS) is 22.6. The Balaban J connectivity index is 2.11. The number of nitrogens with two attached hydrogens (primary N) is 1. The summed E-state index contributed by atoms with van der Waals surface area (Å²) < 4.78 is 2.03. The lowest BCUT2D eigenvalue weighted by molar-refractivity contribution is 0.298. The van der Waals surface area contributed by atoms with Crippen molar-refractivity contribution < 1.29 is 0 Å². The van der Waals surface area contributed by atoms with Crippen LogP contribution < -0.4 is 5.73 Å². The van der Waals surface area contributed by atoms with E-state index >= 15 is 0 Å². The number of aromatic nitrogens is 3. The van der Waals surface area contributed by atoms with Crippen molar-refractivity contribution >= 4 is 0 Å². The van der Waals surface area contributed by atoms with Gasteiger partial charge in [0.05, 0.1) is 0 Å². The number of hydrogen-bond donors (Lipinski definition) is 1. The van der Waals surface area contributed by atoms with Gasteiger partial charge in [-0.25, -0.2) is 9.67 Å². The first-order valence-electron chi connectivity index (χ1n) is 7.17. The van der Waals surface area contributed by atoms with Crippen LogP contribution in [-0.2, 0) is 13.0 Å². The molecule has 0 bridgehead atoms. The maximum Gasteiger partial charge on any atom is 0.138 e. The minimum Gasteiger partial charge on any atom is -0.324 e.